The van der Waals surface area contributed by atoms with Crippen LogP contribution >= 0.6 is 0 Å². The van der Waals surface area contributed by atoms with E-state index in [4.69, 9.17) is 23.9 Å². The van der Waals surface area contributed by atoms with Gasteiger partial charge in [0.1, 0.15) is 17.6 Å². The highest BCUT2D eigenvalue weighted by Crippen LogP contribution is 2.57. The Morgan fingerprint density at radius 2 is 1.68 bits per heavy atom. The normalized spacial score (nSPS) is 27.0. The van der Waals surface area contributed by atoms with Crippen molar-refractivity contribution in [3.8, 4) is 28.6 Å². The number of hydrogen-bond acceptors (Lipinski definition) is 11. The van der Waals surface area contributed by atoms with Gasteiger partial charge in [0.25, 0.3) is 0 Å². The molecule has 3 heterocycles. The van der Waals surface area contributed by atoms with Crippen molar-refractivity contribution in [2.75, 3.05) is 13.7 Å². The van der Waals surface area contributed by atoms with Gasteiger partial charge in [0.2, 0.25) is 33.3 Å². The topological polar surface area (TPSA) is 167 Å². The molecule has 3 fully saturated rings. The summed E-state index contributed by atoms with van der Waals surface area (Å²) >= 11 is 0. The Kier molecular flexibility index (Phi) is 13.9. The molecule has 0 spiro atoms. The summed E-state index contributed by atoms with van der Waals surface area (Å²) in [5, 5.41) is 0.653. The fourth-order valence-electron chi connectivity index (χ4n) is 9.25. The van der Waals surface area contributed by atoms with Crippen LogP contribution in [0.1, 0.15) is 99.3 Å². The minimum atomic E-state index is -4.88. The molecule has 2 amide bonds. The predicted molar refractivity (Wildman–Crippen MR) is 240 cm³/mol. The highest BCUT2D eigenvalue weighted by Gasteiger charge is 2.62. The van der Waals surface area contributed by atoms with E-state index in [0.717, 1.165) is 24.8 Å². The van der Waals surface area contributed by atoms with E-state index in [1.165, 1.54) is 4.90 Å². The van der Waals surface area contributed by atoms with Crippen LogP contribution in [-0.2, 0) is 33.9 Å². The van der Waals surface area contributed by atoms with Crippen LogP contribution in [0.2, 0.25) is 0 Å². The van der Waals surface area contributed by atoms with Crippen molar-refractivity contribution in [2.24, 2.45) is 29.1 Å². The highest BCUT2D eigenvalue weighted by atomic mass is 32.2. The van der Waals surface area contributed by atoms with Gasteiger partial charge in [-0.2, -0.15) is 13.2 Å². The molecule has 7 rings (SSSR count). The van der Waals surface area contributed by atoms with E-state index in [-0.39, 0.29) is 43.7 Å². The summed E-state index contributed by atoms with van der Waals surface area (Å²) in [4.78, 5) is 63.6. The number of carbonyl (C=O) groups excluding carboxylic acids is 4. The minimum Gasteiger partial charge on any atom is -0.497 e. The molecule has 7 atom stereocenters. The summed E-state index contributed by atoms with van der Waals surface area (Å²) in [7, 11) is -2.41. The summed E-state index contributed by atoms with van der Waals surface area (Å²) < 4.78 is 93.1. The van der Waals surface area contributed by atoms with Crippen LogP contribution in [0.5, 0.6) is 17.4 Å². The number of amides is 2. The van der Waals surface area contributed by atoms with E-state index < -0.39 is 92.4 Å². The van der Waals surface area contributed by atoms with Crippen molar-refractivity contribution in [3.05, 3.63) is 60.7 Å². The van der Waals surface area contributed by atoms with Gasteiger partial charge in [0.05, 0.1) is 54.5 Å². The molecule has 0 radical (unpaired) electrons. The van der Waals surface area contributed by atoms with Gasteiger partial charge in [-0.3, -0.25) is 23.9 Å². The van der Waals surface area contributed by atoms with Crippen LogP contribution in [0.3, 0.4) is 0 Å². The first kappa shape index (κ1) is 48.7. The number of aromatic nitrogens is 1. The number of hydrogen-bond donors (Lipinski definition) is 1. The van der Waals surface area contributed by atoms with E-state index in [1.54, 1.807) is 26.2 Å². The number of nitrogens with one attached hydrogen (secondary N) is 1. The van der Waals surface area contributed by atoms with E-state index in [1.807, 2.05) is 69.3 Å². The molecule has 1 N–H and O–H groups in total. The number of nitrogens with zero attached hydrogens (tertiary/aromatic N) is 2. The summed E-state index contributed by atoms with van der Waals surface area (Å²) in [6, 6.07) is 13.4. The fourth-order valence-corrected chi connectivity index (χ4v) is 10.6. The average molecular weight is 940 g/mol. The lowest BCUT2D eigenvalue weighted by molar-refractivity contribution is -0.257. The zero-order chi connectivity index (χ0) is 47.9. The number of sulfonamides is 1. The molecular weight excluding hydrogens is 880 g/mol. The number of benzene rings is 2. The Balaban J connectivity index is 1.26. The molecule has 3 aromatic rings. The second kappa shape index (κ2) is 18.8. The number of Topliss-reactive ketones (excluding diaryl/α,β-unsaturated/α-hetero) is 1. The minimum absolute atomic E-state index is 0.0000574. The maximum Gasteiger partial charge on any atom is 0.427 e. The fraction of sp³-hybridized carbons (Fsp3) is 0.571. The number of allylic oxidation sites excluding steroid dienone is 2. The maximum atomic E-state index is 15.1. The van der Waals surface area contributed by atoms with Crippen LogP contribution in [0.15, 0.2) is 60.7 Å². The molecule has 4 aliphatic rings. The monoisotopic (exact) mass is 939 g/mol. The molecule has 1 aromatic heterocycles. The average Bonchev–Trinajstić information content (AvgIpc) is 4.17. The molecule has 2 aliphatic heterocycles. The second-order valence-electron chi connectivity index (χ2n) is 19.5. The third-order valence-electron chi connectivity index (χ3n) is 13.4. The van der Waals surface area contributed by atoms with Crippen molar-refractivity contribution in [1.29, 1.82) is 0 Å². The van der Waals surface area contributed by atoms with Gasteiger partial charge in [-0.25, -0.2) is 13.4 Å². The van der Waals surface area contributed by atoms with Crippen LogP contribution < -0.4 is 18.9 Å². The predicted octanol–water partition coefficient (Wildman–Crippen LogP) is 8.52. The van der Waals surface area contributed by atoms with E-state index in [2.05, 4.69) is 4.72 Å². The van der Waals surface area contributed by atoms with Crippen LogP contribution in [0, 0.1) is 29.1 Å². The number of fused-ring (bicyclic) bond motifs is 3. The van der Waals surface area contributed by atoms with E-state index in [0.29, 0.717) is 54.7 Å². The second-order valence-corrected chi connectivity index (χ2v) is 21.4. The zero-order valence-corrected chi connectivity index (χ0v) is 39.3. The van der Waals surface area contributed by atoms with E-state index >= 15 is 4.79 Å². The van der Waals surface area contributed by atoms with Crippen molar-refractivity contribution < 1.29 is 59.7 Å². The molecule has 17 heteroatoms. The molecule has 2 aromatic carbocycles. The number of ether oxygens (including phenoxy) is 4. The molecular formula is C49H60F3N3O10S. The summed E-state index contributed by atoms with van der Waals surface area (Å²) in [6.45, 7) is 8.92. The van der Waals surface area contributed by atoms with Gasteiger partial charge < -0.3 is 23.8 Å². The lowest BCUT2D eigenvalue weighted by Crippen LogP contribution is -2.48. The van der Waals surface area contributed by atoms with Crippen molar-refractivity contribution in [1.82, 2.24) is 14.6 Å². The third kappa shape index (κ3) is 10.8. The number of pyridine rings is 1. The molecule has 66 heavy (non-hydrogen) atoms. The Morgan fingerprint density at radius 3 is 2.33 bits per heavy atom. The number of alkyl halides is 3. The smallest absolute Gasteiger partial charge is 0.427 e. The number of rotatable bonds is 12. The number of esters is 1. The van der Waals surface area contributed by atoms with Gasteiger partial charge in [-0.1, -0.05) is 26.0 Å². The van der Waals surface area contributed by atoms with Gasteiger partial charge in [0.15, 0.2) is 5.78 Å². The number of methoxy groups -OCH3 is 1. The largest absolute Gasteiger partial charge is 0.497 e. The molecule has 2 aliphatic carbocycles. The molecule has 1 saturated heterocycles. The first-order chi connectivity index (χ1) is 31.0. The summed E-state index contributed by atoms with van der Waals surface area (Å²) in [5.74, 6) is -3.85. The van der Waals surface area contributed by atoms with Crippen molar-refractivity contribution in [2.45, 2.75) is 135 Å². The molecule has 13 nitrogen and oxygen atoms in total. The first-order valence-electron chi connectivity index (χ1n) is 22.8. The Hall–Kier alpha value is -5.19. The number of carbonyl (C=O) groups is 4. The first-order valence-corrected chi connectivity index (χ1v) is 24.3. The zero-order valence-electron chi connectivity index (χ0n) is 38.5. The van der Waals surface area contributed by atoms with Crippen molar-refractivity contribution in [3.63, 3.8) is 0 Å². The molecule has 0 unspecified atom stereocenters. The molecule has 358 valence electrons. The maximum absolute atomic E-state index is 15.1. The lowest BCUT2D eigenvalue weighted by atomic mass is 9.82. The number of ketones is 1. The Labute approximate surface area is 384 Å². The Bertz CT molecular complexity index is 2470. The number of halogens is 3. The highest BCUT2D eigenvalue weighted by molar-refractivity contribution is 7.90. The van der Waals surface area contributed by atoms with Crippen molar-refractivity contribution >= 4 is 44.4 Å². The summed E-state index contributed by atoms with van der Waals surface area (Å²) in [5.41, 5.74) is -2.93. The standard InChI is InChI=1S/C49H60F3N3O10S/c1-28(2)63-34-14-12-31(13-15-34)40-22-32-21-35(62-7)16-19-38(32)44(53-40)64-36-23-41-42(56)26-48(46(59)54-66(60,61)37-17-18-37)25-33(48)11-9-8-10-29(3)20-30(4)39(45(58)55(41)27-36)24-43(57)65-47(5,6)49(50,51)52/h9,11-16,19,21-22,28-30,33,36-37,39,41H,8,10,17-18,20,23-27H2,1-7H3,(H,54,59)/b11-9-/t29-,30-,33-,36-,39+,41+,48-/m1/s1. The Morgan fingerprint density at radius 1 is 0.985 bits per heavy atom. The molecule has 2 saturated carbocycles. The quantitative estimate of drug-likeness (QED) is 0.137. The van der Waals surface area contributed by atoms with Gasteiger partial charge in [-0.15, -0.1) is 0 Å². The van der Waals surface area contributed by atoms with Gasteiger partial charge >= 0.3 is 12.1 Å². The van der Waals surface area contributed by atoms with Crippen LogP contribution in [0.25, 0.3) is 22.0 Å². The van der Waals surface area contributed by atoms with Gasteiger partial charge in [-0.05, 0) is 138 Å². The summed E-state index contributed by atoms with van der Waals surface area (Å²) in [6.07, 6.45) is -0.394. The molecule has 0 bridgehead atoms. The van der Waals surface area contributed by atoms with Gasteiger partial charge in [0, 0.05) is 23.8 Å². The third-order valence-corrected chi connectivity index (χ3v) is 15.2. The lowest BCUT2D eigenvalue weighted by Gasteiger charge is -2.33. The van der Waals surface area contributed by atoms with Crippen LogP contribution in [0.4, 0.5) is 13.2 Å². The van der Waals surface area contributed by atoms with E-state index in [9.17, 15) is 36.0 Å². The SMILES string of the molecule is COc1ccc2c(O[C@@H]3C[C@H]4C(=O)C[C@]5(C(=O)NS(=O)(=O)C6CC6)C[C@H]5/C=C\CC[C@@H](C)C[C@@H](C)[C@H](CC(=O)OC(C)(C)C(F)(F)F)C(=O)N4C3)nc(-c3ccc(OC(C)C)cc3)cc2c1. The van der Waals surface area contributed by atoms with Crippen LogP contribution in [-0.4, -0.2) is 90.8 Å².